The van der Waals surface area contributed by atoms with Crippen LogP contribution < -0.4 is 5.32 Å². The van der Waals surface area contributed by atoms with E-state index in [4.69, 9.17) is 4.42 Å². The summed E-state index contributed by atoms with van der Waals surface area (Å²) in [6.07, 6.45) is 1.94. The lowest BCUT2D eigenvalue weighted by molar-refractivity contribution is 0.457. The van der Waals surface area contributed by atoms with Crippen LogP contribution in [0.25, 0.3) is 11.0 Å². The quantitative estimate of drug-likeness (QED) is 0.602. The predicted molar refractivity (Wildman–Crippen MR) is 84.9 cm³/mol. The summed E-state index contributed by atoms with van der Waals surface area (Å²) in [5.74, 6) is 3.16. The molecule has 2 aromatic rings. The highest BCUT2D eigenvalue weighted by Gasteiger charge is 2.15. The Kier molecular flexibility index (Phi) is 5.11. The number of furan rings is 1. The van der Waals surface area contributed by atoms with E-state index in [1.165, 1.54) is 10.9 Å². The summed E-state index contributed by atoms with van der Waals surface area (Å²) in [5.41, 5.74) is 2.22. The molecule has 1 unspecified atom stereocenters. The van der Waals surface area contributed by atoms with Gasteiger partial charge in [0.2, 0.25) is 0 Å². The van der Waals surface area contributed by atoms with Gasteiger partial charge in [-0.1, -0.05) is 24.3 Å². The van der Waals surface area contributed by atoms with Crippen molar-refractivity contribution in [2.75, 3.05) is 18.1 Å². The molecule has 0 aliphatic heterocycles. The van der Waals surface area contributed by atoms with Crippen LogP contribution in [0.5, 0.6) is 0 Å². The van der Waals surface area contributed by atoms with Crippen LogP contribution in [-0.4, -0.2) is 18.1 Å². The Labute approximate surface area is 119 Å². The number of aryl methyl sites for hydroxylation is 1. The number of thioether (sulfide) groups is 1. The van der Waals surface area contributed by atoms with Gasteiger partial charge < -0.3 is 9.73 Å². The molecule has 0 saturated carbocycles. The van der Waals surface area contributed by atoms with Crippen LogP contribution in [0, 0.1) is 6.92 Å². The van der Waals surface area contributed by atoms with E-state index in [1.807, 2.05) is 30.0 Å². The SMILES string of the molecule is C=CCSCCNC(C)c1oc2ccccc2c1C. The fourth-order valence-electron chi connectivity index (χ4n) is 2.21. The van der Waals surface area contributed by atoms with E-state index in [0.717, 1.165) is 29.4 Å². The molecule has 2 rings (SSSR count). The molecule has 3 heteroatoms. The minimum atomic E-state index is 0.247. The maximum Gasteiger partial charge on any atom is 0.134 e. The first kappa shape index (κ1) is 14.2. The Hall–Kier alpha value is -1.19. The van der Waals surface area contributed by atoms with Gasteiger partial charge in [-0.15, -0.1) is 6.58 Å². The van der Waals surface area contributed by atoms with E-state index < -0.39 is 0 Å². The topological polar surface area (TPSA) is 25.2 Å². The lowest BCUT2D eigenvalue weighted by atomic mass is 10.1. The van der Waals surface area contributed by atoms with Crippen LogP contribution in [-0.2, 0) is 0 Å². The van der Waals surface area contributed by atoms with Crippen molar-refractivity contribution in [1.29, 1.82) is 0 Å². The van der Waals surface area contributed by atoms with Crippen molar-refractivity contribution in [1.82, 2.24) is 5.32 Å². The molecule has 0 spiro atoms. The van der Waals surface area contributed by atoms with Crippen LogP contribution in [0.2, 0.25) is 0 Å². The fraction of sp³-hybridized carbons (Fsp3) is 0.375. The van der Waals surface area contributed by atoms with Gasteiger partial charge in [-0.05, 0) is 25.5 Å². The fourth-order valence-corrected chi connectivity index (χ4v) is 2.81. The first-order chi connectivity index (χ1) is 9.24. The van der Waals surface area contributed by atoms with E-state index in [1.54, 1.807) is 0 Å². The predicted octanol–water partition coefficient (Wildman–Crippen LogP) is 4.31. The van der Waals surface area contributed by atoms with Gasteiger partial charge in [0.1, 0.15) is 11.3 Å². The number of benzene rings is 1. The second-order valence-electron chi connectivity index (χ2n) is 4.63. The van der Waals surface area contributed by atoms with Crippen LogP contribution in [0.3, 0.4) is 0 Å². The van der Waals surface area contributed by atoms with E-state index in [0.29, 0.717) is 0 Å². The second-order valence-corrected chi connectivity index (χ2v) is 5.78. The number of nitrogens with one attached hydrogen (secondary N) is 1. The van der Waals surface area contributed by atoms with Crippen molar-refractivity contribution in [3.05, 3.63) is 48.2 Å². The summed E-state index contributed by atoms with van der Waals surface area (Å²) in [6, 6.07) is 8.46. The average Bonchev–Trinajstić information content (AvgIpc) is 2.76. The second kappa shape index (κ2) is 6.83. The lowest BCUT2D eigenvalue weighted by Crippen LogP contribution is -2.21. The summed E-state index contributed by atoms with van der Waals surface area (Å²) in [5, 5.41) is 4.73. The molecule has 0 saturated heterocycles. The summed E-state index contributed by atoms with van der Waals surface area (Å²) < 4.78 is 5.95. The zero-order chi connectivity index (χ0) is 13.7. The van der Waals surface area contributed by atoms with Gasteiger partial charge >= 0.3 is 0 Å². The van der Waals surface area contributed by atoms with Crippen LogP contribution in [0.15, 0.2) is 41.3 Å². The van der Waals surface area contributed by atoms with Crippen LogP contribution in [0.4, 0.5) is 0 Å². The Balaban J connectivity index is 1.99. The largest absolute Gasteiger partial charge is 0.459 e. The maximum absolute atomic E-state index is 5.95. The van der Waals surface area contributed by atoms with Gasteiger partial charge in [-0.25, -0.2) is 0 Å². The molecule has 0 radical (unpaired) electrons. The molecule has 0 bridgehead atoms. The van der Waals surface area contributed by atoms with Crippen LogP contribution >= 0.6 is 11.8 Å². The number of para-hydroxylation sites is 1. The monoisotopic (exact) mass is 275 g/mol. The molecule has 1 N–H and O–H groups in total. The number of rotatable bonds is 7. The molecule has 19 heavy (non-hydrogen) atoms. The van der Waals surface area contributed by atoms with Gasteiger partial charge in [-0.3, -0.25) is 0 Å². The molecule has 1 aromatic heterocycles. The molecule has 2 nitrogen and oxygen atoms in total. The molecular formula is C16H21NOS. The average molecular weight is 275 g/mol. The van der Waals surface area contributed by atoms with Gasteiger partial charge in [0.05, 0.1) is 6.04 Å². The summed E-state index contributed by atoms with van der Waals surface area (Å²) in [7, 11) is 0. The zero-order valence-electron chi connectivity index (χ0n) is 11.6. The van der Waals surface area contributed by atoms with Gasteiger partial charge in [0, 0.05) is 23.4 Å². The molecular weight excluding hydrogens is 254 g/mol. The highest BCUT2D eigenvalue weighted by Crippen LogP contribution is 2.28. The highest BCUT2D eigenvalue weighted by molar-refractivity contribution is 7.99. The van der Waals surface area contributed by atoms with Crippen molar-refractivity contribution < 1.29 is 4.42 Å². The zero-order valence-corrected chi connectivity index (χ0v) is 12.4. The van der Waals surface area contributed by atoms with E-state index in [2.05, 4.69) is 37.9 Å². The first-order valence-corrected chi connectivity index (χ1v) is 7.79. The summed E-state index contributed by atoms with van der Waals surface area (Å²) in [4.78, 5) is 0. The van der Waals surface area contributed by atoms with Crippen molar-refractivity contribution >= 4 is 22.7 Å². The normalized spacial score (nSPS) is 12.7. The molecule has 0 aliphatic rings. The van der Waals surface area contributed by atoms with Crippen molar-refractivity contribution in [2.45, 2.75) is 19.9 Å². The minimum Gasteiger partial charge on any atom is -0.459 e. The Morgan fingerprint density at radius 1 is 1.42 bits per heavy atom. The third-order valence-electron chi connectivity index (χ3n) is 3.21. The van der Waals surface area contributed by atoms with Gasteiger partial charge in [0.25, 0.3) is 0 Å². The molecule has 1 atom stereocenters. The Morgan fingerprint density at radius 2 is 2.21 bits per heavy atom. The van der Waals surface area contributed by atoms with E-state index in [-0.39, 0.29) is 6.04 Å². The molecule has 0 fully saturated rings. The minimum absolute atomic E-state index is 0.247. The van der Waals surface area contributed by atoms with Crippen LogP contribution in [0.1, 0.15) is 24.3 Å². The summed E-state index contributed by atoms with van der Waals surface area (Å²) >= 11 is 1.89. The smallest absolute Gasteiger partial charge is 0.134 e. The lowest BCUT2D eigenvalue weighted by Gasteiger charge is -2.11. The molecule has 1 aromatic carbocycles. The molecule has 0 aliphatic carbocycles. The molecule has 102 valence electrons. The number of hydrogen-bond acceptors (Lipinski definition) is 3. The van der Waals surface area contributed by atoms with Gasteiger partial charge in [-0.2, -0.15) is 11.8 Å². The molecule has 0 amide bonds. The number of fused-ring (bicyclic) bond motifs is 1. The first-order valence-electron chi connectivity index (χ1n) is 6.64. The van der Waals surface area contributed by atoms with E-state index >= 15 is 0 Å². The Bertz CT molecular complexity index is 547. The van der Waals surface area contributed by atoms with Crippen molar-refractivity contribution in [3.63, 3.8) is 0 Å². The third-order valence-corrected chi connectivity index (χ3v) is 4.17. The maximum atomic E-state index is 5.95. The van der Waals surface area contributed by atoms with Crippen molar-refractivity contribution in [3.8, 4) is 0 Å². The van der Waals surface area contributed by atoms with Crippen molar-refractivity contribution in [2.24, 2.45) is 0 Å². The Morgan fingerprint density at radius 3 is 2.95 bits per heavy atom. The highest BCUT2D eigenvalue weighted by atomic mass is 32.2. The molecule has 1 heterocycles. The standard InChI is InChI=1S/C16H21NOS/c1-4-10-19-11-9-17-13(3)16-12(2)14-7-5-6-8-15(14)18-16/h4-8,13,17H,1,9-11H2,2-3H3. The third kappa shape index (κ3) is 3.43. The van der Waals surface area contributed by atoms with E-state index in [9.17, 15) is 0 Å². The van der Waals surface area contributed by atoms with Gasteiger partial charge in [0.15, 0.2) is 0 Å². The summed E-state index contributed by atoms with van der Waals surface area (Å²) in [6.45, 7) is 8.99. The number of hydrogen-bond donors (Lipinski definition) is 1.